The zero-order valence-corrected chi connectivity index (χ0v) is 18.8. The van der Waals surface area contributed by atoms with Gasteiger partial charge in [0.15, 0.2) is 17.7 Å². The molecule has 1 fully saturated rings. The number of carbonyl (C=O) groups excluding carboxylic acids is 1. The topological polar surface area (TPSA) is 215 Å². The highest BCUT2D eigenvalue weighted by Gasteiger charge is 2.45. The van der Waals surface area contributed by atoms with E-state index in [2.05, 4.69) is 30.9 Å². The van der Waals surface area contributed by atoms with Crippen molar-refractivity contribution in [3.63, 3.8) is 0 Å². The molecule has 16 heteroatoms. The Labute approximate surface area is 194 Å². The lowest BCUT2D eigenvalue weighted by Gasteiger charge is -2.16. The summed E-state index contributed by atoms with van der Waals surface area (Å²) in [7, 11) is -4.67. The molecule has 4 rings (SSSR count). The van der Waals surface area contributed by atoms with Crippen LogP contribution in [0, 0.1) is 0 Å². The van der Waals surface area contributed by atoms with Gasteiger partial charge >= 0.3 is 10.3 Å². The molecule has 0 spiro atoms. The predicted octanol–water partition coefficient (Wildman–Crippen LogP) is -1.44. The van der Waals surface area contributed by atoms with E-state index in [4.69, 9.17) is 14.7 Å². The monoisotopic (exact) mass is 543 g/mol. The smallest absolute Gasteiger partial charge is 0.362 e. The summed E-state index contributed by atoms with van der Waals surface area (Å²) in [6.07, 6.45) is -3.06. The maximum Gasteiger partial charge on any atom is 0.362 e. The quantitative estimate of drug-likeness (QED) is 0.281. The number of aromatic nitrogens is 4. The normalized spacial score (nSPS) is 23.1. The van der Waals surface area contributed by atoms with Gasteiger partial charge in [0, 0.05) is 10.0 Å². The Kier molecular flexibility index (Phi) is 6.21. The Hall–Kier alpha value is -2.89. The number of anilines is 1. The summed E-state index contributed by atoms with van der Waals surface area (Å²) in [5, 5.41) is 32.5. The molecule has 0 saturated carbocycles. The van der Waals surface area contributed by atoms with Gasteiger partial charge in [0.2, 0.25) is 0 Å². The van der Waals surface area contributed by atoms with Crippen molar-refractivity contribution >= 4 is 49.1 Å². The third kappa shape index (κ3) is 4.61. The number of carbonyl (C=O) groups is 1. The SMILES string of the molecule is Nc1ncnc2c1ncn2C1OC(COS(=O)(=O)NC(=O)c2ccc(Br)cc2[O-])[C@@H](O)[C@H]1O. The first-order valence-corrected chi connectivity index (χ1v) is 11.4. The number of aliphatic hydroxyl groups is 2. The summed E-state index contributed by atoms with van der Waals surface area (Å²) in [5.74, 6) is -1.80. The zero-order valence-electron chi connectivity index (χ0n) is 16.4. The van der Waals surface area contributed by atoms with Crippen LogP contribution in [0.3, 0.4) is 0 Å². The number of hydrogen-bond acceptors (Lipinski definition) is 12. The second kappa shape index (κ2) is 8.81. The highest BCUT2D eigenvalue weighted by atomic mass is 79.9. The lowest BCUT2D eigenvalue weighted by molar-refractivity contribution is -0.268. The fraction of sp³-hybridized carbons (Fsp3) is 0.294. The minimum atomic E-state index is -4.67. The number of halogens is 1. The van der Waals surface area contributed by atoms with Crippen LogP contribution in [0.4, 0.5) is 5.82 Å². The molecule has 1 aliphatic heterocycles. The number of nitrogens with zero attached hydrogens (tertiary/aromatic N) is 4. The van der Waals surface area contributed by atoms with Gasteiger partial charge in [0.25, 0.3) is 5.91 Å². The van der Waals surface area contributed by atoms with Crippen LogP contribution in [0.25, 0.3) is 11.2 Å². The number of nitrogens with one attached hydrogen (secondary N) is 1. The van der Waals surface area contributed by atoms with Crippen molar-refractivity contribution in [3.8, 4) is 5.75 Å². The Morgan fingerprint density at radius 2 is 2.06 bits per heavy atom. The summed E-state index contributed by atoms with van der Waals surface area (Å²) in [6.45, 7) is -0.744. The van der Waals surface area contributed by atoms with Gasteiger partial charge in [-0.3, -0.25) is 13.5 Å². The van der Waals surface area contributed by atoms with E-state index < -0.39 is 58.7 Å². The highest BCUT2D eigenvalue weighted by Crippen LogP contribution is 2.32. The summed E-state index contributed by atoms with van der Waals surface area (Å²) >= 11 is 3.06. The second-order valence-electron chi connectivity index (χ2n) is 6.94. The van der Waals surface area contributed by atoms with Crippen LogP contribution in [0.15, 0.2) is 35.3 Å². The number of ether oxygens (including phenoxy) is 1. The molecule has 1 aliphatic rings. The second-order valence-corrected chi connectivity index (χ2v) is 9.20. The van der Waals surface area contributed by atoms with Crippen LogP contribution in [0.1, 0.15) is 16.6 Å². The van der Waals surface area contributed by atoms with Gasteiger partial charge in [-0.25, -0.2) is 19.7 Å². The van der Waals surface area contributed by atoms with Crippen molar-refractivity contribution in [2.75, 3.05) is 12.3 Å². The van der Waals surface area contributed by atoms with Crippen molar-refractivity contribution in [2.45, 2.75) is 24.5 Å². The van der Waals surface area contributed by atoms with Crippen molar-refractivity contribution in [2.24, 2.45) is 0 Å². The molecular formula is C17H16BrN6O8S-. The Morgan fingerprint density at radius 3 is 2.79 bits per heavy atom. The van der Waals surface area contributed by atoms with Crippen molar-refractivity contribution in [3.05, 3.63) is 40.9 Å². The van der Waals surface area contributed by atoms with Gasteiger partial charge in [0.05, 0.1) is 12.9 Å². The molecule has 0 radical (unpaired) electrons. The molecule has 2 aromatic heterocycles. The molecule has 0 bridgehead atoms. The summed E-state index contributed by atoms with van der Waals surface area (Å²) in [6, 6.07) is 3.64. The van der Waals surface area contributed by atoms with Gasteiger partial charge in [-0.15, -0.1) is 0 Å². The number of nitrogen functional groups attached to an aromatic ring is 1. The average Bonchev–Trinajstić information content (AvgIpc) is 3.29. The molecule has 14 nitrogen and oxygen atoms in total. The number of nitrogens with two attached hydrogens (primary N) is 1. The zero-order chi connectivity index (χ0) is 23.9. The lowest BCUT2D eigenvalue weighted by Crippen LogP contribution is -2.38. The van der Waals surface area contributed by atoms with E-state index in [0.29, 0.717) is 4.47 Å². The Balaban J connectivity index is 1.43. The van der Waals surface area contributed by atoms with E-state index >= 15 is 0 Å². The molecule has 33 heavy (non-hydrogen) atoms. The number of benzene rings is 1. The first kappa shape index (κ1) is 23.3. The van der Waals surface area contributed by atoms with Gasteiger partial charge in [0.1, 0.15) is 30.2 Å². The fourth-order valence-corrected chi connectivity index (χ4v) is 4.24. The highest BCUT2D eigenvalue weighted by molar-refractivity contribution is 9.10. The largest absolute Gasteiger partial charge is 0.872 e. The van der Waals surface area contributed by atoms with Gasteiger partial charge in [-0.05, 0) is 12.1 Å². The van der Waals surface area contributed by atoms with Crippen molar-refractivity contribution in [1.29, 1.82) is 0 Å². The molecule has 0 aliphatic carbocycles. The Morgan fingerprint density at radius 1 is 1.30 bits per heavy atom. The molecule has 3 heterocycles. The van der Waals surface area contributed by atoms with Crippen LogP contribution in [-0.4, -0.2) is 69.0 Å². The number of rotatable bonds is 6. The predicted molar refractivity (Wildman–Crippen MR) is 112 cm³/mol. The molecule has 5 N–H and O–H groups in total. The first-order chi connectivity index (χ1) is 15.6. The van der Waals surface area contributed by atoms with Gasteiger partial charge in [-0.1, -0.05) is 27.7 Å². The van der Waals surface area contributed by atoms with Crippen LogP contribution in [0.2, 0.25) is 0 Å². The fourth-order valence-electron chi connectivity index (χ4n) is 3.19. The number of aliphatic hydroxyl groups excluding tert-OH is 2. The first-order valence-electron chi connectivity index (χ1n) is 9.20. The van der Waals surface area contributed by atoms with E-state index in [1.807, 2.05) is 0 Å². The van der Waals surface area contributed by atoms with Crippen LogP contribution in [-0.2, 0) is 19.2 Å². The standard InChI is InChI=1S/C17H17BrN6O8S/c18-7-1-2-8(9(25)3-7)16(28)23-33(29,30)31-4-10-12(26)13(27)17(32-10)24-6-22-11-14(19)20-5-21-15(11)24/h1-3,5-6,10,12-13,17,25-27H,4H2,(H,23,28)(H2,19,20,21)/p-1/t10?,12-,13-,17?/m1/s1. The van der Waals surface area contributed by atoms with E-state index in [0.717, 1.165) is 12.1 Å². The van der Waals surface area contributed by atoms with Gasteiger partial charge < -0.3 is 25.8 Å². The molecular weight excluding hydrogens is 528 g/mol. The van der Waals surface area contributed by atoms with Crippen LogP contribution >= 0.6 is 15.9 Å². The Bertz CT molecular complexity index is 1320. The molecule has 3 aromatic rings. The number of amides is 1. The average molecular weight is 544 g/mol. The summed E-state index contributed by atoms with van der Waals surface area (Å²) in [5.41, 5.74) is 5.79. The number of imidazole rings is 1. The van der Waals surface area contributed by atoms with Crippen molar-refractivity contribution in [1.82, 2.24) is 24.2 Å². The molecule has 2 unspecified atom stereocenters. The van der Waals surface area contributed by atoms with E-state index in [-0.39, 0.29) is 17.0 Å². The lowest BCUT2D eigenvalue weighted by atomic mass is 10.1. The third-order valence-electron chi connectivity index (χ3n) is 4.79. The van der Waals surface area contributed by atoms with Gasteiger partial charge in [-0.2, -0.15) is 8.42 Å². The van der Waals surface area contributed by atoms with Crippen molar-refractivity contribution < 1.29 is 37.5 Å². The molecule has 4 atom stereocenters. The third-order valence-corrected chi connectivity index (χ3v) is 6.17. The van der Waals surface area contributed by atoms with Crippen LogP contribution < -0.4 is 15.6 Å². The maximum atomic E-state index is 12.1. The maximum absolute atomic E-state index is 12.1. The van der Waals surface area contributed by atoms with Crippen LogP contribution in [0.5, 0.6) is 5.75 Å². The summed E-state index contributed by atoms with van der Waals surface area (Å²) < 4.78 is 37.9. The van der Waals surface area contributed by atoms with E-state index in [1.165, 1.54) is 23.3 Å². The molecule has 1 saturated heterocycles. The minimum Gasteiger partial charge on any atom is -0.872 e. The number of fused-ring (bicyclic) bond motifs is 1. The number of hydrogen-bond donors (Lipinski definition) is 4. The van der Waals surface area contributed by atoms with E-state index in [9.17, 15) is 28.5 Å². The minimum absolute atomic E-state index is 0.0977. The summed E-state index contributed by atoms with van der Waals surface area (Å²) in [4.78, 5) is 24.0. The van der Waals surface area contributed by atoms with E-state index in [1.54, 1.807) is 4.72 Å². The molecule has 1 aromatic carbocycles. The molecule has 176 valence electrons. The molecule has 1 amide bonds.